The van der Waals surface area contributed by atoms with E-state index in [1.807, 2.05) is 18.2 Å². The molecule has 0 spiro atoms. The number of ether oxygens (including phenoxy) is 1. The average molecular weight is 253 g/mol. The minimum atomic E-state index is -0.755. The first kappa shape index (κ1) is 12.5. The SMILES string of the molecule is C[C@@H](C(=O)O)c1ccccc1[S+]1CCOCC1. The Hall–Kier alpha value is -1.00. The number of benzene rings is 1. The van der Waals surface area contributed by atoms with Crippen LogP contribution < -0.4 is 0 Å². The molecule has 1 aliphatic heterocycles. The van der Waals surface area contributed by atoms with E-state index >= 15 is 0 Å². The summed E-state index contributed by atoms with van der Waals surface area (Å²) >= 11 is 0. The van der Waals surface area contributed by atoms with Crippen LogP contribution in [0.2, 0.25) is 0 Å². The van der Waals surface area contributed by atoms with Crippen molar-refractivity contribution in [2.24, 2.45) is 0 Å². The lowest BCUT2D eigenvalue weighted by molar-refractivity contribution is -0.138. The van der Waals surface area contributed by atoms with Gasteiger partial charge in [0.25, 0.3) is 0 Å². The van der Waals surface area contributed by atoms with E-state index in [4.69, 9.17) is 9.84 Å². The normalized spacial score (nSPS) is 18.9. The maximum Gasteiger partial charge on any atom is 0.310 e. The molecule has 0 radical (unpaired) electrons. The molecule has 3 nitrogen and oxygen atoms in total. The third-order valence-electron chi connectivity index (χ3n) is 3.02. The molecule has 0 amide bonds. The van der Waals surface area contributed by atoms with Gasteiger partial charge in [0, 0.05) is 16.5 Å². The molecule has 2 rings (SSSR count). The standard InChI is InChI=1S/C13H16O3S/c1-10(13(14)15)11-4-2-3-5-12(11)17-8-6-16-7-9-17/h2-5,10H,6-9H2,1H3/p+1/t10-/m1/s1. The molecular weight excluding hydrogens is 236 g/mol. The molecule has 1 atom stereocenters. The van der Waals surface area contributed by atoms with Crippen LogP contribution in [-0.2, 0) is 20.4 Å². The Balaban J connectivity index is 2.29. The Morgan fingerprint density at radius 3 is 2.65 bits per heavy atom. The van der Waals surface area contributed by atoms with Gasteiger partial charge < -0.3 is 9.84 Å². The van der Waals surface area contributed by atoms with Crippen LogP contribution in [0.15, 0.2) is 29.2 Å². The van der Waals surface area contributed by atoms with Crippen molar-refractivity contribution in [3.05, 3.63) is 29.8 Å². The van der Waals surface area contributed by atoms with Crippen LogP contribution >= 0.6 is 0 Å². The minimum absolute atomic E-state index is 0.155. The molecule has 1 aliphatic rings. The van der Waals surface area contributed by atoms with Gasteiger partial charge in [0.2, 0.25) is 0 Å². The van der Waals surface area contributed by atoms with Gasteiger partial charge in [-0.3, -0.25) is 4.79 Å². The van der Waals surface area contributed by atoms with Crippen molar-refractivity contribution >= 4 is 16.9 Å². The zero-order valence-corrected chi connectivity index (χ0v) is 10.7. The van der Waals surface area contributed by atoms with Gasteiger partial charge in [-0.05, 0) is 13.0 Å². The highest BCUT2D eigenvalue weighted by molar-refractivity contribution is 7.97. The summed E-state index contributed by atoms with van der Waals surface area (Å²) in [4.78, 5) is 12.3. The number of carboxylic acid groups (broad SMARTS) is 1. The highest BCUT2D eigenvalue weighted by atomic mass is 32.2. The summed E-state index contributed by atoms with van der Waals surface area (Å²) in [7, 11) is 0.155. The van der Waals surface area contributed by atoms with Gasteiger partial charge in [0.1, 0.15) is 11.5 Å². The van der Waals surface area contributed by atoms with Gasteiger partial charge in [-0.2, -0.15) is 0 Å². The van der Waals surface area contributed by atoms with Gasteiger partial charge in [-0.1, -0.05) is 18.2 Å². The van der Waals surface area contributed by atoms with Crippen LogP contribution in [0, 0.1) is 0 Å². The van der Waals surface area contributed by atoms with E-state index in [-0.39, 0.29) is 10.9 Å². The fourth-order valence-corrected chi connectivity index (χ4v) is 4.11. The van der Waals surface area contributed by atoms with Crippen molar-refractivity contribution in [1.29, 1.82) is 0 Å². The maximum atomic E-state index is 11.1. The quantitative estimate of drug-likeness (QED) is 0.837. The largest absolute Gasteiger partial charge is 0.481 e. The molecule has 4 heteroatoms. The zero-order valence-electron chi connectivity index (χ0n) is 9.89. The Kier molecular flexibility index (Phi) is 4.07. The van der Waals surface area contributed by atoms with Crippen molar-refractivity contribution < 1.29 is 14.6 Å². The van der Waals surface area contributed by atoms with E-state index in [0.29, 0.717) is 0 Å². The molecule has 1 aromatic rings. The van der Waals surface area contributed by atoms with E-state index in [0.717, 1.165) is 30.3 Å². The van der Waals surface area contributed by atoms with E-state index < -0.39 is 11.9 Å². The molecule has 1 fully saturated rings. The van der Waals surface area contributed by atoms with Gasteiger partial charge in [-0.25, -0.2) is 0 Å². The smallest absolute Gasteiger partial charge is 0.310 e. The number of carboxylic acids is 1. The number of hydrogen-bond acceptors (Lipinski definition) is 2. The van der Waals surface area contributed by atoms with Gasteiger partial charge in [0.15, 0.2) is 4.90 Å². The molecule has 1 N–H and O–H groups in total. The van der Waals surface area contributed by atoms with Crippen molar-refractivity contribution in [1.82, 2.24) is 0 Å². The highest BCUT2D eigenvalue weighted by Gasteiger charge is 2.30. The summed E-state index contributed by atoms with van der Waals surface area (Å²) in [5.74, 6) is 0.850. The topological polar surface area (TPSA) is 46.5 Å². The van der Waals surface area contributed by atoms with Gasteiger partial charge >= 0.3 is 5.97 Å². The van der Waals surface area contributed by atoms with E-state index in [1.165, 1.54) is 4.90 Å². The first-order chi connectivity index (χ1) is 8.20. The van der Waals surface area contributed by atoms with E-state index in [2.05, 4.69) is 6.07 Å². The minimum Gasteiger partial charge on any atom is -0.481 e. The summed E-state index contributed by atoms with van der Waals surface area (Å²) in [6, 6.07) is 7.93. The maximum absolute atomic E-state index is 11.1. The second-order valence-corrected chi connectivity index (χ2v) is 6.35. The molecule has 1 heterocycles. The van der Waals surface area contributed by atoms with Gasteiger partial charge in [-0.15, -0.1) is 0 Å². The first-order valence-electron chi connectivity index (χ1n) is 5.77. The van der Waals surface area contributed by atoms with Gasteiger partial charge in [0.05, 0.1) is 19.1 Å². The molecule has 17 heavy (non-hydrogen) atoms. The van der Waals surface area contributed by atoms with Crippen LogP contribution in [-0.4, -0.2) is 35.8 Å². The van der Waals surface area contributed by atoms with Crippen molar-refractivity contribution in [2.75, 3.05) is 24.7 Å². The summed E-state index contributed by atoms with van der Waals surface area (Å²) in [6.07, 6.45) is 0. The average Bonchev–Trinajstić information content (AvgIpc) is 2.39. The van der Waals surface area contributed by atoms with Crippen LogP contribution in [0.25, 0.3) is 0 Å². The third kappa shape index (κ3) is 2.82. The zero-order chi connectivity index (χ0) is 12.3. The predicted octanol–water partition coefficient (Wildman–Crippen LogP) is 1.88. The van der Waals surface area contributed by atoms with Crippen molar-refractivity contribution in [3.8, 4) is 0 Å². The number of hydrogen-bond donors (Lipinski definition) is 1. The molecule has 0 saturated carbocycles. The monoisotopic (exact) mass is 253 g/mol. The van der Waals surface area contributed by atoms with E-state index in [9.17, 15) is 4.79 Å². The molecule has 1 aromatic carbocycles. The number of aliphatic carboxylic acids is 1. The number of rotatable bonds is 3. The molecule has 92 valence electrons. The molecule has 1 saturated heterocycles. The lowest BCUT2D eigenvalue weighted by Gasteiger charge is -2.17. The summed E-state index contributed by atoms with van der Waals surface area (Å²) in [5, 5.41) is 9.14. The third-order valence-corrected chi connectivity index (χ3v) is 5.33. The summed E-state index contributed by atoms with van der Waals surface area (Å²) < 4.78 is 5.36. The Labute approximate surface area is 104 Å². The van der Waals surface area contributed by atoms with Crippen molar-refractivity contribution in [3.63, 3.8) is 0 Å². The Morgan fingerprint density at radius 1 is 1.35 bits per heavy atom. The van der Waals surface area contributed by atoms with Crippen LogP contribution in [0.4, 0.5) is 0 Å². The number of carbonyl (C=O) groups is 1. The summed E-state index contributed by atoms with van der Waals surface area (Å²) in [6.45, 7) is 3.34. The Bertz CT molecular complexity index is 399. The molecular formula is C13H17O3S+. The second kappa shape index (κ2) is 5.56. The van der Waals surface area contributed by atoms with Crippen LogP contribution in [0.3, 0.4) is 0 Å². The molecule has 0 unspecified atom stereocenters. The fraction of sp³-hybridized carbons (Fsp3) is 0.462. The highest BCUT2D eigenvalue weighted by Crippen LogP contribution is 2.27. The molecule has 0 bridgehead atoms. The lowest BCUT2D eigenvalue weighted by Crippen LogP contribution is -2.27. The lowest BCUT2D eigenvalue weighted by atomic mass is 10.0. The van der Waals surface area contributed by atoms with Crippen LogP contribution in [0.5, 0.6) is 0 Å². The van der Waals surface area contributed by atoms with Crippen molar-refractivity contribution in [2.45, 2.75) is 17.7 Å². The Morgan fingerprint density at radius 2 is 2.00 bits per heavy atom. The molecule has 0 aromatic heterocycles. The summed E-state index contributed by atoms with van der Waals surface area (Å²) in [5.41, 5.74) is 0.963. The van der Waals surface area contributed by atoms with Crippen LogP contribution in [0.1, 0.15) is 18.4 Å². The van der Waals surface area contributed by atoms with E-state index in [1.54, 1.807) is 6.92 Å². The fourth-order valence-electron chi connectivity index (χ4n) is 1.98. The molecule has 0 aliphatic carbocycles. The second-order valence-electron chi connectivity index (χ2n) is 4.11. The predicted molar refractivity (Wildman–Crippen MR) is 68.7 cm³/mol. The first-order valence-corrected chi connectivity index (χ1v) is 7.33.